The molecular formula is C15H23NO2S. The predicted octanol–water partition coefficient (Wildman–Crippen LogP) is 2.91. The number of carbonyl (C=O) groups is 1. The Labute approximate surface area is 119 Å². The van der Waals surface area contributed by atoms with Crippen LogP contribution in [0.4, 0.5) is 0 Å². The van der Waals surface area contributed by atoms with E-state index in [0.717, 1.165) is 17.7 Å². The largest absolute Gasteiger partial charge is 0.394 e. The first-order valence-electron chi connectivity index (χ1n) is 7.07. The van der Waals surface area contributed by atoms with E-state index in [0.29, 0.717) is 0 Å². The van der Waals surface area contributed by atoms with Crippen LogP contribution in [0.15, 0.2) is 6.07 Å². The third-order valence-corrected chi connectivity index (χ3v) is 4.80. The Morgan fingerprint density at radius 2 is 2.00 bits per heavy atom. The normalized spacial score (nSPS) is 16.4. The summed E-state index contributed by atoms with van der Waals surface area (Å²) in [5, 5.41) is 12.1. The molecule has 0 radical (unpaired) electrons. The number of hydrogen-bond donors (Lipinski definition) is 2. The van der Waals surface area contributed by atoms with Gasteiger partial charge in [-0.2, -0.15) is 0 Å². The molecule has 0 fully saturated rings. The molecule has 0 atom stereocenters. The number of nitrogens with one attached hydrogen (secondary N) is 1. The van der Waals surface area contributed by atoms with Crippen LogP contribution in [0.5, 0.6) is 0 Å². The summed E-state index contributed by atoms with van der Waals surface area (Å²) in [4.78, 5) is 14.4. The van der Waals surface area contributed by atoms with Crippen LogP contribution in [-0.4, -0.2) is 23.2 Å². The molecule has 0 aromatic carbocycles. The molecule has 1 amide bonds. The molecule has 2 N–H and O–H groups in total. The number of carbonyl (C=O) groups excluding carboxylic acids is 1. The molecule has 2 rings (SSSR count). The van der Waals surface area contributed by atoms with E-state index < -0.39 is 5.54 Å². The lowest BCUT2D eigenvalue weighted by atomic mass is 9.99. The maximum absolute atomic E-state index is 12.2. The maximum Gasteiger partial charge on any atom is 0.261 e. The van der Waals surface area contributed by atoms with Gasteiger partial charge in [0.25, 0.3) is 5.91 Å². The Hall–Kier alpha value is -0.870. The van der Waals surface area contributed by atoms with E-state index in [2.05, 4.69) is 5.32 Å². The molecule has 0 saturated carbocycles. The molecule has 0 saturated heterocycles. The maximum atomic E-state index is 12.2. The van der Waals surface area contributed by atoms with Crippen molar-refractivity contribution < 1.29 is 9.90 Å². The highest BCUT2D eigenvalue weighted by atomic mass is 32.1. The van der Waals surface area contributed by atoms with E-state index in [1.807, 2.05) is 19.9 Å². The summed E-state index contributed by atoms with van der Waals surface area (Å²) in [5.41, 5.74) is 0.798. The first-order chi connectivity index (χ1) is 9.02. The number of aliphatic hydroxyl groups is 1. The van der Waals surface area contributed by atoms with Crippen LogP contribution in [0.25, 0.3) is 0 Å². The second-order valence-corrected chi connectivity index (χ2v) is 7.11. The van der Waals surface area contributed by atoms with Gasteiger partial charge < -0.3 is 10.4 Å². The van der Waals surface area contributed by atoms with Crippen LogP contribution in [0.2, 0.25) is 0 Å². The first-order valence-corrected chi connectivity index (χ1v) is 7.88. The zero-order valence-corrected chi connectivity index (χ0v) is 12.6. The number of rotatable bonds is 3. The van der Waals surface area contributed by atoms with Crippen molar-refractivity contribution in [1.82, 2.24) is 5.32 Å². The van der Waals surface area contributed by atoms with Gasteiger partial charge in [0.15, 0.2) is 0 Å². The van der Waals surface area contributed by atoms with Crippen LogP contribution in [-0.2, 0) is 12.8 Å². The van der Waals surface area contributed by atoms with Crippen LogP contribution in [0.3, 0.4) is 0 Å². The molecule has 1 aliphatic rings. The lowest BCUT2D eigenvalue weighted by molar-refractivity contribution is 0.0873. The van der Waals surface area contributed by atoms with Gasteiger partial charge in [0, 0.05) is 4.88 Å². The van der Waals surface area contributed by atoms with E-state index in [1.54, 1.807) is 11.3 Å². The Balaban J connectivity index is 2.12. The highest BCUT2D eigenvalue weighted by Crippen LogP contribution is 2.28. The van der Waals surface area contributed by atoms with Gasteiger partial charge >= 0.3 is 0 Å². The molecule has 106 valence electrons. The zero-order chi connectivity index (χ0) is 13.9. The van der Waals surface area contributed by atoms with Crippen molar-refractivity contribution in [3.63, 3.8) is 0 Å². The fourth-order valence-corrected chi connectivity index (χ4v) is 3.51. The highest BCUT2D eigenvalue weighted by molar-refractivity contribution is 7.14. The smallest absolute Gasteiger partial charge is 0.261 e. The predicted molar refractivity (Wildman–Crippen MR) is 78.8 cm³/mol. The van der Waals surface area contributed by atoms with Crippen LogP contribution in [0, 0.1) is 0 Å². The summed E-state index contributed by atoms with van der Waals surface area (Å²) >= 11 is 1.62. The number of fused-ring (bicyclic) bond motifs is 1. The van der Waals surface area contributed by atoms with Crippen molar-refractivity contribution in [3.05, 3.63) is 21.4 Å². The van der Waals surface area contributed by atoms with E-state index in [-0.39, 0.29) is 12.5 Å². The Bertz CT molecular complexity index is 425. The molecule has 1 aromatic heterocycles. The quantitative estimate of drug-likeness (QED) is 0.895. The second-order valence-electron chi connectivity index (χ2n) is 5.97. The molecule has 4 heteroatoms. The summed E-state index contributed by atoms with van der Waals surface area (Å²) < 4.78 is 0. The summed E-state index contributed by atoms with van der Waals surface area (Å²) in [6.45, 7) is 3.60. The second kappa shape index (κ2) is 6.06. The molecule has 3 nitrogen and oxygen atoms in total. The third-order valence-electron chi connectivity index (χ3n) is 3.57. The zero-order valence-electron chi connectivity index (χ0n) is 11.8. The lowest BCUT2D eigenvalue weighted by Gasteiger charge is -2.22. The molecule has 0 unspecified atom stereocenters. The van der Waals surface area contributed by atoms with Gasteiger partial charge in [-0.25, -0.2) is 0 Å². The van der Waals surface area contributed by atoms with Gasteiger partial charge in [-0.05, 0) is 51.2 Å². The molecular weight excluding hydrogens is 258 g/mol. The molecule has 0 spiro atoms. The van der Waals surface area contributed by atoms with Gasteiger partial charge in [-0.3, -0.25) is 4.79 Å². The number of aryl methyl sites for hydroxylation is 2. The van der Waals surface area contributed by atoms with Crippen molar-refractivity contribution in [2.75, 3.05) is 6.61 Å². The van der Waals surface area contributed by atoms with Crippen molar-refractivity contribution >= 4 is 17.2 Å². The Morgan fingerprint density at radius 3 is 2.68 bits per heavy atom. The van der Waals surface area contributed by atoms with Gasteiger partial charge in [0.05, 0.1) is 17.0 Å². The molecule has 19 heavy (non-hydrogen) atoms. The standard InChI is InChI=1S/C15H23NO2S/c1-15(2,10-17)16-14(18)13-9-11-7-5-3-4-6-8-12(11)19-13/h9,17H,3-8,10H2,1-2H3,(H,16,18). The monoisotopic (exact) mass is 281 g/mol. The summed E-state index contributed by atoms with van der Waals surface area (Å²) in [5.74, 6) is -0.0594. The third kappa shape index (κ3) is 3.80. The number of amides is 1. The number of hydrogen-bond acceptors (Lipinski definition) is 3. The van der Waals surface area contributed by atoms with E-state index in [1.165, 1.54) is 36.1 Å². The first kappa shape index (κ1) is 14.5. The molecule has 0 bridgehead atoms. The van der Waals surface area contributed by atoms with Crippen molar-refractivity contribution in [2.45, 2.75) is 57.9 Å². The van der Waals surface area contributed by atoms with E-state index >= 15 is 0 Å². The molecule has 1 aromatic rings. The van der Waals surface area contributed by atoms with E-state index in [9.17, 15) is 9.90 Å². The van der Waals surface area contributed by atoms with Gasteiger partial charge in [0.1, 0.15) is 0 Å². The molecule has 1 heterocycles. The minimum atomic E-state index is -0.560. The average molecular weight is 281 g/mol. The number of aliphatic hydroxyl groups excluding tert-OH is 1. The van der Waals surface area contributed by atoms with Crippen molar-refractivity contribution in [3.8, 4) is 0 Å². The minimum absolute atomic E-state index is 0.0518. The van der Waals surface area contributed by atoms with Crippen LogP contribution < -0.4 is 5.32 Å². The Morgan fingerprint density at radius 1 is 1.32 bits per heavy atom. The van der Waals surface area contributed by atoms with Crippen LogP contribution in [0.1, 0.15) is 59.6 Å². The highest BCUT2D eigenvalue weighted by Gasteiger charge is 2.22. The Kier molecular flexibility index (Phi) is 4.63. The summed E-state index contributed by atoms with van der Waals surface area (Å²) in [7, 11) is 0. The fraction of sp³-hybridized carbons (Fsp3) is 0.667. The topological polar surface area (TPSA) is 49.3 Å². The van der Waals surface area contributed by atoms with E-state index in [4.69, 9.17) is 0 Å². The summed E-state index contributed by atoms with van der Waals surface area (Å²) in [6, 6.07) is 2.05. The molecule has 1 aliphatic carbocycles. The van der Waals surface area contributed by atoms with Crippen molar-refractivity contribution in [2.24, 2.45) is 0 Å². The molecule has 0 aliphatic heterocycles. The van der Waals surface area contributed by atoms with Gasteiger partial charge in [-0.1, -0.05) is 12.8 Å². The van der Waals surface area contributed by atoms with Crippen LogP contribution >= 0.6 is 11.3 Å². The van der Waals surface area contributed by atoms with Gasteiger partial charge in [0.2, 0.25) is 0 Å². The average Bonchev–Trinajstić information content (AvgIpc) is 2.71. The van der Waals surface area contributed by atoms with Gasteiger partial charge in [-0.15, -0.1) is 11.3 Å². The number of thiophene rings is 1. The summed E-state index contributed by atoms with van der Waals surface area (Å²) in [6.07, 6.45) is 7.27. The lowest BCUT2D eigenvalue weighted by Crippen LogP contribution is -2.46. The van der Waals surface area contributed by atoms with Crippen molar-refractivity contribution in [1.29, 1.82) is 0 Å². The fourth-order valence-electron chi connectivity index (χ4n) is 2.36. The SMILES string of the molecule is CC(C)(CO)NC(=O)c1cc2c(s1)CCCCCC2. The minimum Gasteiger partial charge on any atom is -0.394 e.